The summed E-state index contributed by atoms with van der Waals surface area (Å²) in [6.07, 6.45) is 4.10. The summed E-state index contributed by atoms with van der Waals surface area (Å²) in [6.45, 7) is 5.26. The number of hydrogen-bond acceptors (Lipinski definition) is 8. The molecule has 0 radical (unpaired) electrons. The summed E-state index contributed by atoms with van der Waals surface area (Å²) in [6, 6.07) is 6.51. The largest absolute Gasteiger partial charge is 0.484 e. The van der Waals surface area contributed by atoms with Gasteiger partial charge in [0.05, 0.1) is 16.9 Å². The number of hydrogen-bond donors (Lipinski definition) is 2. The van der Waals surface area contributed by atoms with E-state index in [1.807, 2.05) is 43.0 Å². The molecule has 7 rings (SSSR count). The van der Waals surface area contributed by atoms with Gasteiger partial charge in [-0.3, -0.25) is 24.1 Å². The van der Waals surface area contributed by atoms with Crippen molar-refractivity contribution in [2.75, 3.05) is 19.7 Å². The van der Waals surface area contributed by atoms with E-state index in [0.29, 0.717) is 5.75 Å². The standard InChI is InChI=1S/C32H37N3O7S2/c1-15(2)11-20(31(39)40)35-29(37)24-18-13-19(25(24)30(35)38)26-23(18)22(27-28(43-26)33-32(41)44-27)16-7-6-8-17(12-16)42-14-21(36)34-9-4-3-5-10-34/h6-8,12,15,18-20,22-26H,3-5,9-11,13-14H2,1-2H3,(H,33,41)(H,39,40)/t18?,19?,20?,22-,23?,24?,25?,26?/m1/s1. The molecule has 2 bridgehead atoms. The topological polar surface area (TPSA) is 137 Å². The van der Waals surface area contributed by atoms with Gasteiger partial charge in [-0.2, -0.15) is 0 Å². The number of aromatic amines is 1. The van der Waals surface area contributed by atoms with Crippen LogP contribution in [0.25, 0.3) is 0 Å². The number of nitrogens with zero attached hydrogens (tertiary/aromatic N) is 2. The predicted octanol–water partition coefficient (Wildman–Crippen LogP) is 3.80. The summed E-state index contributed by atoms with van der Waals surface area (Å²) in [5.74, 6) is -2.79. The number of rotatable bonds is 8. The number of aliphatic carboxylic acids is 1. The predicted molar refractivity (Wildman–Crippen MR) is 164 cm³/mol. The lowest BCUT2D eigenvalue weighted by Gasteiger charge is -2.43. The van der Waals surface area contributed by atoms with E-state index < -0.39 is 23.8 Å². The van der Waals surface area contributed by atoms with Gasteiger partial charge in [0, 0.05) is 29.1 Å². The van der Waals surface area contributed by atoms with Crippen LogP contribution in [0.3, 0.4) is 0 Å². The fraction of sp³-hybridized carbons (Fsp3) is 0.594. The zero-order valence-electron chi connectivity index (χ0n) is 24.8. The van der Waals surface area contributed by atoms with Crippen molar-refractivity contribution in [1.82, 2.24) is 14.8 Å². The quantitative estimate of drug-likeness (QED) is 0.417. The molecular weight excluding hydrogens is 602 g/mol. The number of carbonyl (C=O) groups excluding carboxylic acids is 3. The first-order valence-electron chi connectivity index (χ1n) is 15.6. The van der Waals surface area contributed by atoms with Gasteiger partial charge in [-0.25, -0.2) is 4.79 Å². The molecular formula is C32H37N3O7S2. The molecule has 2 aliphatic carbocycles. The molecule has 3 amide bonds. The van der Waals surface area contributed by atoms with Crippen LogP contribution < -0.4 is 9.61 Å². The maximum absolute atomic E-state index is 13.9. The van der Waals surface area contributed by atoms with Crippen molar-refractivity contribution >= 4 is 46.8 Å². The highest BCUT2D eigenvalue weighted by Crippen LogP contribution is 2.68. The molecule has 2 saturated heterocycles. The third kappa shape index (κ3) is 4.79. The number of piperidine rings is 1. The molecule has 234 valence electrons. The van der Waals surface area contributed by atoms with E-state index in [-0.39, 0.29) is 70.5 Å². The van der Waals surface area contributed by atoms with Crippen LogP contribution in [0.4, 0.5) is 0 Å². The summed E-state index contributed by atoms with van der Waals surface area (Å²) >= 11 is 2.78. The Kier molecular flexibility index (Phi) is 7.63. The number of fused-ring (bicyclic) bond motifs is 9. The molecule has 2 saturated carbocycles. The number of imide groups is 1. The van der Waals surface area contributed by atoms with E-state index in [1.54, 1.807) is 11.8 Å². The second kappa shape index (κ2) is 11.3. The number of ether oxygens (including phenoxy) is 1. The van der Waals surface area contributed by atoms with E-state index in [1.165, 1.54) is 11.3 Å². The number of thiazole rings is 1. The van der Waals surface area contributed by atoms with Crippen LogP contribution >= 0.6 is 23.1 Å². The lowest BCUT2D eigenvalue weighted by molar-refractivity contribution is -0.156. The lowest BCUT2D eigenvalue weighted by Crippen LogP contribution is -2.47. The third-order valence-electron chi connectivity index (χ3n) is 10.3. The number of carboxylic acids is 1. The minimum atomic E-state index is -1.16. The van der Waals surface area contributed by atoms with Crippen molar-refractivity contribution in [1.29, 1.82) is 0 Å². The van der Waals surface area contributed by atoms with Crippen molar-refractivity contribution in [3.05, 3.63) is 44.4 Å². The number of carbonyl (C=O) groups is 4. The Morgan fingerprint density at radius 3 is 2.50 bits per heavy atom. The Hall–Kier alpha value is -3.12. The molecule has 2 aromatic rings. The smallest absolute Gasteiger partial charge is 0.326 e. The van der Waals surface area contributed by atoms with Gasteiger partial charge in [0.2, 0.25) is 11.8 Å². The van der Waals surface area contributed by atoms with Gasteiger partial charge < -0.3 is 19.7 Å². The average Bonchev–Trinajstić information content (AvgIpc) is 3.74. The van der Waals surface area contributed by atoms with Crippen molar-refractivity contribution in [2.24, 2.45) is 35.5 Å². The zero-order chi connectivity index (χ0) is 30.9. The van der Waals surface area contributed by atoms with Crippen molar-refractivity contribution in [3.63, 3.8) is 0 Å². The Balaban J connectivity index is 1.19. The molecule has 5 aliphatic rings. The van der Waals surface area contributed by atoms with Gasteiger partial charge in [0.25, 0.3) is 5.91 Å². The molecule has 1 aromatic heterocycles. The lowest BCUT2D eigenvalue weighted by atomic mass is 9.68. The molecule has 8 atom stereocenters. The van der Waals surface area contributed by atoms with E-state index in [4.69, 9.17) is 4.74 Å². The van der Waals surface area contributed by atoms with Crippen LogP contribution in [-0.2, 0) is 19.2 Å². The summed E-state index contributed by atoms with van der Waals surface area (Å²) in [7, 11) is 0. The summed E-state index contributed by atoms with van der Waals surface area (Å²) < 4.78 is 5.99. The minimum Gasteiger partial charge on any atom is -0.484 e. The Morgan fingerprint density at radius 2 is 1.80 bits per heavy atom. The van der Waals surface area contributed by atoms with Crippen molar-refractivity contribution in [3.8, 4) is 5.75 Å². The summed E-state index contributed by atoms with van der Waals surface area (Å²) in [5, 5.41) is 10.8. The molecule has 2 N–H and O–H groups in total. The molecule has 0 spiro atoms. The van der Waals surface area contributed by atoms with Crippen LogP contribution in [0.2, 0.25) is 0 Å². The Labute approximate surface area is 263 Å². The number of thioether (sulfide) groups is 1. The SMILES string of the molecule is CC(C)CC(C(=O)O)N1C(=O)C2C3CC(C2C1=O)C1C3Sc2[nH]c(=O)sc2[C@@H]1c1cccc(OCC(=O)N2CCCCC2)c1. The first-order valence-corrected chi connectivity index (χ1v) is 17.3. The van der Waals surface area contributed by atoms with Gasteiger partial charge in [0.1, 0.15) is 11.8 Å². The second-order valence-corrected chi connectivity index (χ2v) is 15.5. The van der Waals surface area contributed by atoms with E-state index in [0.717, 1.165) is 59.1 Å². The van der Waals surface area contributed by atoms with Gasteiger partial charge in [-0.15, -0.1) is 11.8 Å². The number of benzene rings is 1. The number of nitrogens with one attached hydrogen (secondary N) is 1. The van der Waals surface area contributed by atoms with Gasteiger partial charge >= 0.3 is 10.8 Å². The monoisotopic (exact) mass is 639 g/mol. The number of H-pyrrole nitrogens is 1. The molecule has 3 aliphatic heterocycles. The highest BCUT2D eigenvalue weighted by molar-refractivity contribution is 8.00. The highest BCUT2D eigenvalue weighted by Gasteiger charge is 2.70. The van der Waals surface area contributed by atoms with Gasteiger partial charge in [0.15, 0.2) is 6.61 Å². The maximum atomic E-state index is 13.9. The van der Waals surface area contributed by atoms with Crippen LogP contribution in [0, 0.1) is 35.5 Å². The van der Waals surface area contributed by atoms with Crippen LogP contribution in [-0.4, -0.2) is 74.6 Å². The molecule has 7 unspecified atom stereocenters. The zero-order valence-corrected chi connectivity index (χ0v) is 26.4. The molecule has 4 fully saturated rings. The Morgan fingerprint density at radius 1 is 1.07 bits per heavy atom. The van der Waals surface area contributed by atoms with E-state index in [9.17, 15) is 29.1 Å². The number of aromatic nitrogens is 1. The fourth-order valence-corrected chi connectivity index (χ4v) is 11.5. The molecule has 1 aromatic carbocycles. The number of carboxylic acid groups (broad SMARTS) is 1. The molecule has 44 heavy (non-hydrogen) atoms. The third-order valence-corrected chi connectivity index (χ3v) is 12.9. The first-order chi connectivity index (χ1) is 21.1. The summed E-state index contributed by atoms with van der Waals surface area (Å²) in [5.41, 5.74) is 0.945. The first kappa shape index (κ1) is 29.6. The van der Waals surface area contributed by atoms with Gasteiger partial charge in [-0.1, -0.05) is 37.3 Å². The van der Waals surface area contributed by atoms with Crippen molar-refractivity contribution in [2.45, 2.75) is 68.2 Å². The molecule has 12 heteroatoms. The average molecular weight is 640 g/mol. The van der Waals surface area contributed by atoms with Gasteiger partial charge in [-0.05, 0) is 73.5 Å². The van der Waals surface area contributed by atoms with Crippen LogP contribution in [0.5, 0.6) is 5.75 Å². The van der Waals surface area contributed by atoms with Crippen molar-refractivity contribution < 1.29 is 29.0 Å². The fourth-order valence-electron chi connectivity index (χ4n) is 8.66. The second-order valence-electron chi connectivity index (χ2n) is 13.3. The molecule has 10 nitrogen and oxygen atoms in total. The normalized spacial score (nSPS) is 31.2. The number of amides is 3. The Bertz CT molecular complexity index is 1560. The van der Waals surface area contributed by atoms with E-state index in [2.05, 4.69) is 4.98 Å². The van der Waals surface area contributed by atoms with E-state index >= 15 is 0 Å². The highest BCUT2D eigenvalue weighted by atomic mass is 32.2. The molecule has 4 heterocycles. The summed E-state index contributed by atoms with van der Waals surface area (Å²) in [4.78, 5) is 72.1. The number of likely N-dealkylation sites (tertiary alicyclic amines) is 2. The van der Waals surface area contributed by atoms with Crippen LogP contribution in [0.15, 0.2) is 34.1 Å². The van der Waals surface area contributed by atoms with Crippen LogP contribution in [0.1, 0.15) is 62.3 Å². The minimum absolute atomic E-state index is 0.000620. The maximum Gasteiger partial charge on any atom is 0.326 e.